The highest BCUT2D eigenvalue weighted by Crippen LogP contribution is 2.33. The quantitative estimate of drug-likeness (QED) is 0.634. The van der Waals surface area contributed by atoms with Crippen LogP contribution in [0.5, 0.6) is 0 Å². The molecule has 0 amide bonds. The minimum Gasteiger partial charge on any atom is -0.266 e. The Morgan fingerprint density at radius 1 is 0.964 bits per heavy atom. The van der Waals surface area contributed by atoms with Gasteiger partial charge >= 0.3 is 0 Å². The van der Waals surface area contributed by atoms with E-state index >= 15 is 0 Å². The van der Waals surface area contributed by atoms with Crippen molar-refractivity contribution in [3.63, 3.8) is 0 Å². The van der Waals surface area contributed by atoms with E-state index in [0.717, 1.165) is 23.2 Å². The van der Waals surface area contributed by atoms with Crippen molar-refractivity contribution >= 4 is 27.6 Å². The second-order valence-electron chi connectivity index (χ2n) is 6.44. The zero-order valence-corrected chi connectivity index (χ0v) is 15.8. The molecule has 0 bridgehead atoms. The van der Waals surface area contributed by atoms with Crippen molar-refractivity contribution in [2.75, 3.05) is 10.8 Å². The molecule has 1 aliphatic heterocycles. The third kappa shape index (κ3) is 3.40. The fourth-order valence-corrected chi connectivity index (χ4v) is 4.69. The van der Waals surface area contributed by atoms with E-state index in [0.29, 0.717) is 17.8 Å². The highest BCUT2D eigenvalue weighted by molar-refractivity contribution is 7.92. The molecule has 0 unspecified atom stereocenters. The maximum atomic E-state index is 13.0. The molecule has 1 aliphatic rings. The minimum absolute atomic E-state index is 0.251. The molecule has 0 radical (unpaired) electrons. The first kappa shape index (κ1) is 18.0. The Bertz CT molecular complexity index is 1180. The number of sulfonamides is 1. The monoisotopic (exact) mass is 387 g/mol. The molecule has 3 aromatic carbocycles. The zero-order chi connectivity index (χ0) is 19.6. The number of fused-ring (bicyclic) bond motifs is 1. The lowest BCUT2D eigenvalue weighted by Gasteiger charge is -2.19. The number of nitriles is 1. The van der Waals surface area contributed by atoms with E-state index in [1.807, 2.05) is 36.4 Å². The number of rotatable bonds is 4. The molecular formula is C22H17N3O2S. The molecule has 0 N–H and O–H groups in total. The first-order valence-corrected chi connectivity index (χ1v) is 10.3. The van der Waals surface area contributed by atoms with Gasteiger partial charge in [0.25, 0.3) is 10.0 Å². The number of hydrogen-bond acceptors (Lipinski definition) is 4. The van der Waals surface area contributed by atoms with Crippen LogP contribution in [0, 0.1) is 11.3 Å². The molecule has 0 spiro atoms. The second kappa shape index (κ2) is 7.29. The average Bonchev–Trinajstić information content (AvgIpc) is 3.18. The van der Waals surface area contributed by atoms with Gasteiger partial charge in [-0.1, -0.05) is 30.3 Å². The third-order valence-corrected chi connectivity index (χ3v) is 6.50. The number of benzene rings is 3. The van der Waals surface area contributed by atoms with Crippen molar-refractivity contribution < 1.29 is 8.42 Å². The SMILES string of the molecule is N#Cc1ccc(C=Nc2ccc(S(=O)(=O)N3CCc4ccccc43)cc2)cc1. The molecule has 6 heteroatoms. The van der Waals surface area contributed by atoms with E-state index in [1.165, 1.54) is 4.31 Å². The van der Waals surface area contributed by atoms with Crippen molar-refractivity contribution in [3.8, 4) is 6.07 Å². The van der Waals surface area contributed by atoms with Gasteiger partial charge in [0.2, 0.25) is 0 Å². The van der Waals surface area contributed by atoms with Gasteiger partial charge in [-0.2, -0.15) is 5.26 Å². The van der Waals surface area contributed by atoms with Gasteiger partial charge in [0.15, 0.2) is 0 Å². The molecule has 0 atom stereocenters. The molecule has 4 rings (SSSR count). The Kier molecular flexibility index (Phi) is 4.68. The van der Waals surface area contributed by atoms with Gasteiger partial charge in [-0.25, -0.2) is 8.42 Å². The highest BCUT2D eigenvalue weighted by Gasteiger charge is 2.30. The van der Waals surface area contributed by atoms with Crippen LogP contribution < -0.4 is 4.31 Å². The molecule has 5 nitrogen and oxygen atoms in total. The van der Waals surface area contributed by atoms with Crippen LogP contribution in [0.25, 0.3) is 0 Å². The number of aliphatic imine (C=N–C) groups is 1. The standard InChI is InChI=1S/C22H17N3O2S/c23-15-17-5-7-18(8-6-17)16-24-20-9-11-21(12-10-20)28(26,27)25-14-13-19-3-1-2-4-22(19)25/h1-12,16H,13-14H2. The van der Waals surface area contributed by atoms with Crippen LogP contribution in [0.1, 0.15) is 16.7 Å². The van der Waals surface area contributed by atoms with Crippen LogP contribution in [0.15, 0.2) is 82.7 Å². The van der Waals surface area contributed by atoms with Gasteiger partial charge in [-0.3, -0.25) is 9.30 Å². The summed E-state index contributed by atoms with van der Waals surface area (Å²) in [6, 6.07) is 23.3. The Labute approximate surface area is 164 Å². The molecule has 0 saturated carbocycles. The van der Waals surface area contributed by atoms with Crippen molar-refractivity contribution in [1.29, 1.82) is 5.26 Å². The molecule has 28 heavy (non-hydrogen) atoms. The van der Waals surface area contributed by atoms with Crippen LogP contribution >= 0.6 is 0 Å². The number of nitrogens with zero attached hydrogens (tertiary/aromatic N) is 3. The fraction of sp³-hybridized carbons (Fsp3) is 0.0909. The van der Waals surface area contributed by atoms with Gasteiger partial charge in [0.05, 0.1) is 27.9 Å². The van der Waals surface area contributed by atoms with Crippen molar-refractivity contribution in [1.82, 2.24) is 0 Å². The van der Waals surface area contributed by atoms with E-state index in [-0.39, 0.29) is 4.90 Å². The summed E-state index contributed by atoms with van der Waals surface area (Å²) in [7, 11) is -3.59. The van der Waals surface area contributed by atoms with Crippen LogP contribution in [0.3, 0.4) is 0 Å². The summed E-state index contributed by atoms with van der Waals surface area (Å²) in [6.07, 6.45) is 2.41. The van der Waals surface area contributed by atoms with Crippen LogP contribution in [-0.2, 0) is 16.4 Å². The van der Waals surface area contributed by atoms with E-state index in [4.69, 9.17) is 5.26 Å². The van der Waals surface area contributed by atoms with Gasteiger partial charge in [-0.15, -0.1) is 0 Å². The Morgan fingerprint density at radius 2 is 1.68 bits per heavy atom. The summed E-state index contributed by atoms with van der Waals surface area (Å²) in [5, 5.41) is 8.82. The van der Waals surface area contributed by atoms with Crippen molar-refractivity contribution in [2.45, 2.75) is 11.3 Å². The molecule has 0 saturated heterocycles. The normalized spacial score (nSPS) is 13.5. The topological polar surface area (TPSA) is 73.5 Å². The largest absolute Gasteiger partial charge is 0.266 e. The number of para-hydroxylation sites is 1. The number of anilines is 1. The molecule has 0 aromatic heterocycles. The highest BCUT2D eigenvalue weighted by atomic mass is 32.2. The van der Waals surface area contributed by atoms with Gasteiger partial charge in [-0.05, 0) is 60.0 Å². The summed E-state index contributed by atoms with van der Waals surface area (Å²) >= 11 is 0. The number of hydrogen-bond donors (Lipinski definition) is 0. The maximum Gasteiger partial charge on any atom is 0.264 e. The molecule has 138 valence electrons. The summed E-state index contributed by atoms with van der Waals surface area (Å²) in [4.78, 5) is 4.62. The van der Waals surface area contributed by atoms with Gasteiger partial charge < -0.3 is 0 Å². The van der Waals surface area contributed by atoms with Crippen LogP contribution in [0.4, 0.5) is 11.4 Å². The van der Waals surface area contributed by atoms with Gasteiger partial charge in [0.1, 0.15) is 0 Å². The van der Waals surface area contributed by atoms with Crippen molar-refractivity contribution in [2.24, 2.45) is 4.99 Å². The average molecular weight is 387 g/mol. The van der Waals surface area contributed by atoms with E-state index in [1.54, 1.807) is 42.6 Å². The van der Waals surface area contributed by atoms with E-state index in [9.17, 15) is 8.42 Å². The second-order valence-corrected chi connectivity index (χ2v) is 8.30. The lowest BCUT2D eigenvalue weighted by atomic mass is 10.2. The van der Waals surface area contributed by atoms with E-state index in [2.05, 4.69) is 11.1 Å². The molecule has 0 aliphatic carbocycles. The lowest BCUT2D eigenvalue weighted by Crippen LogP contribution is -2.29. The molecule has 1 heterocycles. The maximum absolute atomic E-state index is 13.0. The van der Waals surface area contributed by atoms with Crippen molar-refractivity contribution in [3.05, 3.63) is 89.5 Å². The Hall–Kier alpha value is -3.43. The predicted octanol–water partition coefficient (Wildman–Crippen LogP) is 4.06. The molecule has 3 aromatic rings. The fourth-order valence-electron chi connectivity index (χ4n) is 3.18. The predicted molar refractivity (Wildman–Crippen MR) is 110 cm³/mol. The Morgan fingerprint density at radius 3 is 2.39 bits per heavy atom. The van der Waals surface area contributed by atoms with Crippen LogP contribution in [-0.4, -0.2) is 21.2 Å². The van der Waals surface area contributed by atoms with Gasteiger partial charge in [0, 0.05) is 12.8 Å². The molecule has 0 fully saturated rings. The lowest BCUT2D eigenvalue weighted by molar-refractivity contribution is 0.592. The van der Waals surface area contributed by atoms with E-state index < -0.39 is 10.0 Å². The van der Waals surface area contributed by atoms with Crippen LogP contribution in [0.2, 0.25) is 0 Å². The summed E-state index contributed by atoms with van der Waals surface area (Å²) < 4.78 is 27.5. The first-order valence-electron chi connectivity index (χ1n) is 8.83. The molecular weight excluding hydrogens is 370 g/mol. The summed E-state index contributed by atoms with van der Waals surface area (Å²) in [6.45, 7) is 0.459. The first-order chi connectivity index (χ1) is 13.6. The smallest absolute Gasteiger partial charge is 0.264 e. The Balaban J connectivity index is 1.54. The summed E-state index contributed by atoms with van der Waals surface area (Å²) in [5.41, 5.74) is 3.92. The zero-order valence-electron chi connectivity index (χ0n) is 15.0. The summed E-state index contributed by atoms with van der Waals surface area (Å²) in [5.74, 6) is 0. The minimum atomic E-state index is -3.59. The third-order valence-electron chi connectivity index (χ3n) is 4.67.